The zero-order valence-corrected chi connectivity index (χ0v) is 15.9. The highest BCUT2D eigenvalue weighted by molar-refractivity contribution is 7.21. The molecule has 3 heterocycles. The molecule has 0 radical (unpaired) electrons. The zero-order valence-electron chi connectivity index (χ0n) is 14.2. The van der Waals surface area contributed by atoms with E-state index in [0.29, 0.717) is 10.8 Å². The molecule has 1 aromatic carbocycles. The number of rotatable bonds is 4. The molecule has 1 amide bonds. The third-order valence-corrected chi connectivity index (χ3v) is 6.79. The third kappa shape index (κ3) is 3.86. The van der Waals surface area contributed by atoms with Crippen LogP contribution in [0.5, 0.6) is 0 Å². The summed E-state index contributed by atoms with van der Waals surface area (Å²) in [5, 5.41) is 2.92. The third-order valence-electron chi connectivity index (χ3n) is 4.76. The van der Waals surface area contributed by atoms with Crippen LogP contribution in [0.3, 0.4) is 0 Å². The van der Waals surface area contributed by atoms with Crippen LogP contribution in [0.1, 0.15) is 28.1 Å². The molecule has 0 unspecified atom stereocenters. The lowest BCUT2D eigenvalue weighted by Gasteiger charge is -2.31. The van der Waals surface area contributed by atoms with E-state index >= 15 is 0 Å². The van der Waals surface area contributed by atoms with Gasteiger partial charge >= 0.3 is 0 Å². The normalized spacial score (nSPS) is 15.3. The van der Waals surface area contributed by atoms with Gasteiger partial charge in [-0.2, -0.15) is 0 Å². The highest BCUT2D eigenvalue weighted by Crippen LogP contribution is 2.30. The van der Waals surface area contributed by atoms with Crippen LogP contribution < -0.4 is 0 Å². The topological polar surface area (TPSA) is 33.2 Å². The summed E-state index contributed by atoms with van der Waals surface area (Å²) < 4.78 is 13.3. The summed E-state index contributed by atoms with van der Waals surface area (Å²) in [5.74, 6) is 0.403. The van der Waals surface area contributed by atoms with Gasteiger partial charge in [-0.1, -0.05) is 18.2 Å². The molecular formula is C20H19FN2OS2. The van der Waals surface area contributed by atoms with Crippen LogP contribution in [0.15, 0.2) is 48.0 Å². The first-order valence-corrected chi connectivity index (χ1v) is 10.4. The quantitative estimate of drug-likeness (QED) is 0.625. The molecule has 1 aliphatic heterocycles. The Kier molecular flexibility index (Phi) is 5.13. The highest BCUT2D eigenvalue weighted by Gasteiger charge is 2.25. The number of halogens is 1. The van der Waals surface area contributed by atoms with Crippen molar-refractivity contribution in [3.05, 3.63) is 64.2 Å². The van der Waals surface area contributed by atoms with E-state index in [0.717, 1.165) is 47.8 Å². The van der Waals surface area contributed by atoms with Gasteiger partial charge in [0.2, 0.25) is 0 Å². The van der Waals surface area contributed by atoms with Crippen LogP contribution in [-0.2, 0) is 6.42 Å². The van der Waals surface area contributed by atoms with Crippen molar-refractivity contribution < 1.29 is 9.18 Å². The number of benzene rings is 1. The minimum atomic E-state index is -0.179. The summed E-state index contributed by atoms with van der Waals surface area (Å²) in [6.07, 6.45) is 4.49. The summed E-state index contributed by atoms with van der Waals surface area (Å²) in [6.45, 7) is 1.51. The van der Waals surface area contributed by atoms with Gasteiger partial charge in [0, 0.05) is 13.1 Å². The molecule has 2 aromatic heterocycles. The van der Waals surface area contributed by atoms with E-state index in [1.54, 1.807) is 29.7 Å². The lowest BCUT2D eigenvalue weighted by molar-refractivity contribution is 0.0695. The number of aromatic nitrogens is 1. The van der Waals surface area contributed by atoms with Gasteiger partial charge in [-0.05, 0) is 54.3 Å². The summed E-state index contributed by atoms with van der Waals surface area (Å²) in [7, 11) is 0. The molecule has 0 saturated carbocycles. The number of carbonyl (C=O) groups excluding carboxylic acids is 1. The molecule has 6 heteroatoms. The number of hydrogen-bond acceptors (Lipinski definition) is 4. The number of hydrogen-bond donors (Lipinski definition) is 0. The van der Waals surface area contributed by atoms with Crippen molar-refractivity contribution in [3.8, 4) is 9.88 Å². The molecule has 0 bridgehead atoms. The summed E-state index contributed by atoms with van der Waals surface area (Å²) in [5.41, 5.74) is 1.04. The van der Waals surface area contributed by atoms with Gasteiger partial charge in [0.1, 0.15) is 15.7 Å². The number of nitrogens with zero attached hydrogens (tertiary/aromatic N) is 2. The summed E-state index contributed by atoms with van der Waals surface area (Å²) in [4.78, 5) is 20.9. The Morgan fingerprint density at radius 2 is 2.08 bits per heavy atom. The van der Waals surface area contributed by atoms with E-state index in [4.69, 9.17) is 0 Å². The number of thiazole rings is 1. The largest absolute Gasteiger partial charge is 0.338 e. The van der Waals surface area contributed by atoms with Crippen LogP contribution in [0, 0.1) is 11.7 Å². The zero-order chi connectivity index (χ0) is 17.9. The predicted octanol–water partition coefficient (Wildman–Crippen LogP) is 5.11. The van der Waals surface area contributed by atoms with Gasteiger partial charge in [-0.25, -0.2) is 9.37 Å². The molecule has 3 nitrogen and oxygen atoms in total. The molecule has 1 saturated heterocycles. The van der Waals surface area contributed by atoms with Crippen molar-refractivity contribution in [2.24, 2.45) is 5.92 Å². The van der Waals surface area contributed by atoms with E-state index < -0.39 is 0 Å². The highest BCUT2D eigenvalue weighted by atomic mass is 32.1. The van der Waals surface area contributed by atoms with Gasteiger partial charge in [-0.3, -0.25) is 4.79 Å². The Hall–Kier alpha value is -2.05. The molecule has 3 aromatic rings. The average Bonchev–Trinajstić information content (AvgIpc) is 3.33. The smallest absolute Gasteiger partial charge is 0.265 e. The lowest BCUT2D eigenvalue weighted by Crippen LogP contribution is -2.38. The number of piperidine rings is 1. The van der Waals surface area contributed by atoms with E-state index in [2.05, 4.69) is 4.98 Å². The van der Waals surface area contributed by atoms with Crippen molar-refractivity contribution in [1.82, 2.24) is 9.88 Å². The molecule has 4 rings (SSSR count). The fourth-order valence-corrected chi connectivity index (χ4v) is 5.07. The van der Waals surface area contributed by atoms with Crippen molar-refractivity contribution in [2.45, 2.75) is 19.3 Å². The first kappa shape index (κ1) is 17.4. The van der Waals surface area contributed by atoms with E-state index in [-0.39, 0.29) is 11.7 Å². The van der Waals surface area contributed by atoms with Crippen molar-refractivity contribution in [3.63, 3.8) is 0 Å². The van der Waals surface area contributed by atoms with Crippen molar-refractivity contribution in [1.29, 1.82) is 0 Å². The molecule has 0 aliphatic carbocycles. The number of thiophene rings is 1. The SMILES string of the molecule is O=C(c1cnc(-c2cccs2)s1)N1CCC(Cc2cccc(F)c2)CC1. The van der Waals surface area contributed by atoms with E-state index in [9.17, 15) is 9.18 Å². The summed E-state index contributed by atoms with van der Waals surface area (Å²) in [6, 6.07) is 10.8. The van der Waals surface area contributed by atoms with Crippen LogP contribution in [0.2, 0.25) is 0 Å². The van der Waals surface area contributed by atoms with Crippen LogP contribution in [-0.4, -0.2) is 28.9 Å². The van der Waals surface area contributed by atoms with Crippen molar-refractivity contribution >= 4 is 28.6 Å². The van der Waals surface area contributed by atoms with Crippen LogP contribution >= 0.6 is 22.7 Å². The maximum Gasteiger partial charge on any atom is 0.265 e. The second-order valence-electron chi connectivity index (χ2n) is 6.58. The van der Waals surface area contributed by atoms with E-state index in [1.807, 2.05) is 28.5 Å². The minimum absolute atomic E-state index is 0.0783. The second-order valence-corrected chi connectivity index (χ2v) is 8.55. The Bertz CT molecular complexity index is 883. The Labute approximate surface area is 160 Å². The van der Waals surface area contributed by atoms with Gasteiger partial charge in [0.25, 0.3) is 5.91 Å². The predicted molar refractivity (Wildman–Crippen MR) is 104 cm³/mol. The molecule has 1 fully saturated rings. The second kappa shape index (κ2) is 7.68. The fraction of sp³-hybridized carbons (Fsp3) is 0.300. The number of likely N-dealkylation sites (tertiary alicyclic amines) is 1. The molecule has 26 heavy (non-hydrogen) atoms. The molecule has 0 atom stereocenters. The van der Waals surface area contributed by atoms with Crippen molar-refractivity contribution in [2.75, 3.05) is 13.1 Å². The van der Waals surface area contributed by atoms with Gasteiger partial charge in [0.05, 0.1) is 11.1 Å². The Morgan fingerprint density at radius 3 is 2.81 bits per heavy atom. The van der Waals surface area contributed by atoms with Gasteiger partial charge in [-0.15, -0.1) is 22.7 Å². The first-order valence-electron chi connectivity index (χ1n) is 8.72. The molecule has 134 valence electrons. The molecule has 0 N–H and O–H groups in total. The van der Waals surface area contributed by atoms with Gasteiger partial charge in [0.15, 0.2) is 0 Å². The lowest BCUT2D eigenvalue weighted by atomic mass is 9.90. The standard InChI is InChI=1S/C20H19FN2OS2/c21-16-4-1-3-15(12-16)11-14-6-8-23(9-7-14)20(24)18-13-22-19(26-18)17-5-2-10-25-17/h1-5,10,12-14H,6-9,11H2. The molecular weight excluding hydrogens is 367 g/mol. The maximum atomic E-state index is 13.3. The monoisotopic (exact) mass is 386 g/mol. The maximum absolute atomic E-state index is 13.3. The number of carbonyl (C=O) groups is 1. The average molecular weight is 387 g/mol. The Morgan fingerprint density at radius 1 is 1.23 bits per heavy atom. The fourth-order valence-electron chi connectivity index (χ4n) is 3.38. The minimum Gasteiger partial charge on any atom is -0.338 e. The first-order chi connectivity index (χ1) is 12.7. The number of amides is 1. The summed E-state index contributed by atoms with van der Waals surface area (Å²) >= 11 is 3.10. The molecule has 1 aliphatic rings. The van der Waals surface area contributed by atoms with Crippen LogP contribution in [0.4, 0.5) is 4.39 Å². The van der Waals surface area contributed by atoms with E-state index in [1.165, 1.54) is 17.4 Å². The Balaban J connectivity index is 1.35. The molecule has 0 spiro atoms. The van der Waals surface area contributed by atoms with Crippen LogP contribution in [0.25, 0.3) is 9.88 Å². The van der Waals surface area contributed by atoms with Gasteiger partial charge < -0.3 is 4.90 Å².